The van der Waals surface area contributed by atoms with Gasteiger partial charge in [0.15, 0.2) is 0 Å². The molecule has 0 N–H and O–H groups in total. The molecule has 0 atom stereocenters. The van der Waals surface area contributed by atoms with E-state index in [4.69, 9.17) is 11.6 Å². The number of hydrogen-bond donors (Lipinski definition) is 0. The molecule has 1 nitrogen and oxygen atoms in total. The van der Waals surface area contributed by atoms with E-state index in [0.29, 0.717) is 0 Å². The Morgan fingerprint density at radius 3 is 2.38 bits per heavy atom. The zero-order valence-electron chi connectivity index (χ0n) is 7.86. The van der Waals surface area contributed by atoms with Gasteiger partial charge < -0.3 is 0 Å². The van der Waals surface area contributed by atoms with Crippen LogP contribution < -0.4 is 0 Å². The molecule has 0 saturated heterocycles. The van der Waals surface area contributed by atoms with Crippen molar-refractivity contribution in [2.75, 3.05) is 6.26 Å². The molecule has 88 valence electrons. The Bertz CT molecular complexity index is 430. The Morgan fingerprint density at radius 1 is 1.38 bits per heavy atom. The molecular formula is C9H5ClF4OS. The van der Waals surface area contributed by atoms with E-state index in [0.717, 1.165) is 17.8 Å². The van der Waals surface area contributed by atoms with Gasteiger partial charge in [0, 0.05) is 4.90 Å². The third-order valence-corrected chi connectivity index (χ3v) is 3.04. The molecule has 0 aliphatic heterocycles. The minimum Gasteiger partial charge on any atom is -0.284 e. The normalized spacial score (nSPS) is 11.6. The van der Waals surface area contributed by atoms with Gasteiger partial charge in [-0.25, -0.2) is 4.39 Å². The fourth-order valence-electron chi connectivity index (χ4n) is 1.04. The summed E-state index contributed by atoms with van der Waals surface area (Å²) in [5, 5.41) is -0.505. The van der Waals surface area contributed by atoms with Crippen LogP contribution in [-0.4, -0.2) is 18.2 Å². The second-order valence-electron chi connectivity index (χ2n) is 2.77. The van der Waals surface area contributed by atoms with Gasteiger partial charge in [0.25, 0.3) is 5.78 Å². The average Bonchev–Trinajstić information content (AvgIpc) is 2.16. The van der Waals surface area contributed by atoms with Gasteiger partial charge in [0.1, 0.15) is 5.82 Å². The first-order chi connectivity index (χ1) is 7.29. The van der Waals surface area contributed by atoms with Crippen LogP contribution in [0.25, 0.3) is 0 Å². The van der Waals surface area contributed by atoms with Crippen LogP contribution in [0, 0.1) is 5.82 Å². The number of benzene rings is 1. The summed E-state index contributed by atoms with van der Waals surface area (Å²) in [4.78, 5) is 11.1. The number of hydrogen-bond acceptors (Lipinski definition) is 2. The quantitative estimate of drug-likeness (QED) is 0.461. The van der Waals surface area contributed by atoms with Gasteiger partial charge in [-0.3, -0.25) is 4.79 Å². The summed E-state index contributed by atoms with van der Waals surface area (Å²) >= 11 is 6.56. The monoisotopic (exact) mass is 272 g/mol. The first kappa shape index (κ1) is 13.3. The second-order valence-corrected chi connectivity index (χ2v) is 3.99. The van der Waals surface area contributed by atoms with Gasteiger partial charge >= 0.3 is 6.18 Å². The number of ketones is 1. The lowest BCUT2D eigenvalue weighted by molar-refractivity contribution is -0.0887. The number of carbonyl (C=O) groups is 1. The van der Waals surface area contributed by atoms with E-state index in [9.17, 15) is 22.4 Å². The summed E-state index contributed by atoms with van der Waals surface area (Å²) < 4.78 is 49.6. The van der Waals surface area contributed by atoms with E-state index in [1.807, 2.05) is 0 Å². The van der Waals surface area contributed by atoms with Crippen molar-refractivity contribution in [2.45, 2.75) is 11.1 Å². The van der Waals surface area contributed by atoms with Gasteiger partial charge in [-0.15, -0.1) is 11.8 Å². The minimum absolute atomic E-state index is 0.218. The van der Waals surface area contributed by atoms with Crippen LogP contribution in [0.2, 0.25) is 5.02 Å². The lowest BCUT2D eigenvalue weighted by Crippen LogP contribution is -2.24. The molecular weight excluding hydrogens is 268 g/mol. The van der Waals surface area contributed by atoms with E-state index < -0.39 is 28.4 Å². The molecule has 0 amide bonds. The molecule has 0 heterocycles. The number of halogens is 5. The van der Waals surface area contributed by atoms with Crippen molar-refractivity contribution in [1.82, 2.24) is 0 Å². The second kappa shape index (κ2) is 4.63. The SMILES string of the molecule is CSc1ccc(F)c(C(=O)C(F)(F)F)c1Cl. The Labute approximate surface area is 97.8 Å². The molecule has 7 heteroatoms. The molecule has 0 bridgehead atoms. The third kappa shape index (κ3) is 2.49. The lowest BCUT2D eigenvalue weighted by atomic mass is 10.1. The predicted molar refractivity (Wildman–Crippen MR) is 53.6 cm³/mol. The number of Topliss-reactive ketones (excluding diaryl/α,β-unsaturated/α-hetero) is 1. The zero-order chi connectivity index (χ0) is 12.5. The van der Waals surface area contributed by atoms with Crippen molar-refractivity contribution in [3.8, 4) is 0 Å². The molecule has 0 spiro atoms. The van der Waals surface area contributed by atoms with Gasteiger partial charge in [-0.1, -0.05) is 11.6 Å². The van der Waals surface area contributed by atoms with E-state index in [1.54, 1.807) is 6.26 Å². The molecule has 1 aromatic carbocycles. The fourth-order valence-corrected chi connectivity index (χ4v) is 2.00. The van der Waals surface area contributed by atoms with Crippen molar-refractivity contribution in [2.24, 2.45) is 0 Å². The largest absolute Gasteiger partial charge is 0.455 e. The summed E-state index contributed by atoms with van der Waals surface area (Å²) in [6.07, 6.45) is -3.58. The number of alkyl halides is 3. The first-order valence-electron chi connectivity index (χ1n) is 3.92. The third-order valence-electron chi connectivity index (χ3n) is 1.76. The standard InChI is InChI=1S/C9H5ClF4OS/c1-16-5-3-2-4(11)6(7(5)10)8(15)9(12,13)14/h2-3H,1H3. The average molecular weight is 273 g/mol. The van der Waals surface area contributed by atoms with Crippen LogP contribution in [0.1, 0.15) is 10.4 Å². The molecule has 0 saturated carbocycles. The van der Waals surface area contributed by atoms with Crippen molar-refractivity contribution >= 4 is 29.1 Å². The zero-order valence-corrected chi connectivity index (χ0v) is 9.43. The van der Waals surface area contributed by atoms with Crippen LogP contribution >= 0.6 is 23.4 Å². The van der Waals surface area contributed by atoms with Crippen molar-refractivity contribution in [3.05, 3.63) is 28.5 Å². The molecule has 1 rings (SSSR count). The van der Waals surface area contributed by atoms with Crippen molar-refractivity contribution < 1.29 is 22.4 Å². The highest BCUT2D eigenvalue weighted by molar-refractivity contribution is 7.98. The van der Waals surface area contributed by atoms with E-state index in [-0.39, 0.29) is 4.90 Å². The van der Waals surface area contributed by atoms with Crippen LogP contribution in [0.15, 0.2) is 17.0 Å². The smallest absolute Gasteiger partial charge is 0.284 e. The van der Waals surface area contributed by atoms with Crippen molar-refractivity contribution in [3.63, 3.8) is 0 Å². The molecule has 0 unspecified atom stereocenters. The van der Waals surface area contributed by atoms with Crippen LogP contribution in [0.5, 0.6) is 0 Å². The number of thioether (sulfide) groups is 1. The Balaban J connectivity index is 3.38. The fraction of sp³-hybridized carbons (Fsp3) is 0.222. The molecule has 0 aliphatic rings. The summed E-state index contributed by atoms with van der Waals surface area (Å²) in [5.41, 5.74) is -1.12. The Kier molecular flexibility index (Phi) is 3.85. The summed E-state index contributed by atoms with van der Waals surface area (Å²) in [6.45, 7) is 0. The molecule has 0 aliphatic carbocycles. The minimum atomic E-state index is -5.14. The van der Waals surface area contributed by atoms with Gasteiger partial charge in [-0.2, -0.15) is 13.2 Å². The van der Waals surface area contributed by atoms with E-state index in [2.05, 4.69) is 0 Å². The van der Waals surface area contributed by atoms with Gasteiger partial charge in [0.2, 0.25) is 0 Å². The molecule has 16 heavy (non-hydrogen) atoms. The highest BCUT2D eigenvalue weighted by Crippen LogP contribution is 2.34. The molecule has 0 radical (unpaired) electrons. The maximum atomic E-state index is 13.1. The lowest BCUT2D eigenvalue weighted by Gasteiger charge is -2.10. The molecule has 0 aromatic heterocycles. The summed E-state index contributed by atoms with van der Waals surface area (Å²) in [7, 11) is 0. The Hall–Kier alpha value is -0.750. The maximum Gasteiger partial charge on any atom is 0.455 e. The van der Waals surface area contributed by atoms with Gasteiger partial charge in [0.05, 0.1) is 10.6 Å². The summed E-state index contributed by atoms with van der Waals surface area (Å²) in [5.74, 6) is -3.55. The molecule has 1 aromatic rings. The van der Waals surface area contributed by atoms with E-state index >= 15 is 0 Å². The van der Waals surface area contributed by atoms with Crippen LogP contribution in [-0.2, 0) is 0 Å². The summed E-state index contributed by atoms with van der Waals surface area (Å²) in [6, 6.07) is 2.01. The van der Waals surface area contributed by atoms with Crippen LogP contribution in [0.3, 0.4) is 0 Å². The number of carbonyl (C=O) groups excluding carboxylic acids is 1. The van der Waals surface area contributed by atoms with E-state index in [1.165, 1.54) is 6.07 Å². The van der Waals surface area contributed by atoms with Crippen LogP contribution in [0.4, 0.5) is 17.6 Å². The maximum absolute atomic E-state index is 13.1. The van der Waals surface area contributed by atoms with Gasteiger partial charge in [-0.05, 0) is 18.4 Å². The van der Waals surface area contributed by atoms with Crippen molar-refractivity contribution in [1.29, 1.82) is 0 Å². The molecule has 0 fully saturated rings. The topological polar surface area (TPSA) is 17.1 Å². The highest BCUT2D eigenvalue weighted by atomic mass is 35.5. The number of rotatable bonds is 2. The predicted octanol–water partition coefficient (Wildman–Crippen LogP) is 3.95. The Morgan fingerprint density at radius 2 is 1.94 bits per heavy atom. The highest BCUT2D eigenvalue weighted by Gasteiger charge is 2.42. The first-order valence-corrected chi connectivity index (χ1v) is 5.52.